The lowest BCUT2D eigenvalue weighted by Gasteiger charge is -2.16. The topological polar surface area (TPSA) is 80.5 Å². The zero-order chi connectivity index (χ0) is 9.35. The average molecular weight is 191 g/mol. The number of nitrogens with two attached hydrogens (primary N) is 1. The standard InChI is InChI=1S/C6H11N2O3S/c1-12(10,11)8-3-5(7)2-6(8)4-9/h4,6H,2-3,7H2,1H3. The van der Waals surface area contributed by atoms with E-state index in [0.717, 1.165) is 10.6 Å². The highest BCUT2D eigenvalue weighted by Crippen LogP contribution is 2.21. The Morgan fingerprint density at radius 1 is 1.67 bits per heavy atom. The van der Waals surface area contributed by atoms with Gasteiger partial charge in [0.25, 0.3) is 0 Å². The largest absolute Gasteiger partial charge is 0.322 e. The molecule has 1 unspecified atom stereocenters. The number of aldehydes is 1. The maximum absolute atomic E-state index is 11.0. The molecule has 1 atom stereocenters. The highest BCUT2D eigenvalue weighted by atomic mass is 32.2. The maximum Gasteiger partial charge on any atom is 0.211 e. The van der Waals surface area contributed by atoms with E-state index in [0.29, 0.717) is 18.7 Å². The minimum absolute atomic E-state index is 0.169. The van der Waals surface area contributed by atoms with E-state index in [1.165, 1.54) is 0 Å². The molecule has 0 amide bonds. The molecule has 2 N–H and O–H groups in total. The zero-order valence-corrected chi connectivity index (χ0v) is 7.54. The van der Waals surface area contributed by atoms with Crippen molar-refractivity contribution < 1.29 is 13.2 Å². The summed E-state index contributed by atoms with van der Waals surface area (Å²) in [5.74, 6) is 0. The highest BCUT2D eigenvalue weighted by Gasteiger charge is 2.35. The minimum Gasteiger partial charge on any atom is -0.322 e. The fourth-order valence-electron chi connectivity index (χ4n) is 1.23. The Morgan fingerprint density at radius 2 is 2.25 bits per heavy atom. The predicted octanol–water partition coefficient (Wildman–Crippen LogP) is -1.29. The second-order valence-electron chi connectivity index (χ2n) is 2.87. The van der Waals surface area contributed by atoms with Crippen molar-refractivity contribution in [3.63, 3.8) is 0 Å². The Kier molecular flexibility index (Phi) is 2.50. The van der Waals surface area contributed by atoms with Gasteiger partial charge in [0.15, 0.2) is 0 Å². The van der Waals surface area contributed by atoms with Crippen LogP contribution >= 0.6 is 0 Å². The lowest BCUT2D eigenvalue weighted by molar-refractivity contribution is -0.110. The van der Waals surface area contributed by atoms with Crippen molar-refractivity contribution in [2.75, 3.05) is 12.8 Å². The van der Waals surface area contributed by atoms with Crippen LogP contribution in [-0.4, -0.2) is 37.9 Å². The molecule has 1 radical (unpaired) electrons. The second-order valence-corrected chi connectivity index (χ2v) is 4.81. The summed E-state index contributed by atoms with van der Waals surface area (Å²) in [5, 5.41) is 0. The molecule has 1 saturated heterocycles. The van der Waals surface area contributed by atoms with E-state index < -0.39 is 16.1 Å². The molecule has 69 valence electrons. The predicted molar refractivity (Wildman–Crippen MR) is 43.4 cm³/mol. The van der Waals surface area contributed by atoms with Crippen molar-refractivity contribution >= 4 is 16.3 Å². The van der Waals surface area contributed by atoms with Gasteiger partial charge >= 0.3 is 0 Å². The number of sulfonamides is 1. The van der Waals surface area contributed by atoms with Crippen molar-refractivity contribution in [1.29, 1.82) is 0 Å². The van der Waals surface area contributed by atoms with E-state index in [-0.39, 0.29) is 6.54 Å². The van der Waals surface area contributed by atoms with Crippen molar-refractivity contribution in [2.45, 2.75) is 12.5 Å². The Morgan fingerprint density at radius 3 is 2.58 bits per heavy atom. The molecule has 1 heterocycles. The molecular weight excluding hydrogens is 180 g/mol. The van der Waals surface area contributed by atoms with Crippen LogP contribution in [0.1, 0.15) is 6.42 Å². The molecule has 1 aliphatic rings. The van der Waals surface area contributed by atoms with Gasteiger partial charge in [0, 0.05) is 6.54 Å². The summed E-state index contributed by atoms with van der Waals surface area (Å²) in [6, 6.07) is -0.0578. The number of nitrogens with zero attached hydrogens (tertiary/aromatic N) is 1. The Labute approximate surface area is 71.6 Å². The first-order valence-electron chi connectivity index (χ1n) is 3.47. The van der Waals surface area contributed by atoms with Gasteiger partial charge in [-0.2, -0.15) is 4.31 Å². The Hall–Kier alpha value is -0.460. The molecule has 12 heavy (non-hydrogen) atoms. The summed E-state index contributed by atoms with van der Waals surface area (Å²) >= 11 is 0. The van der Waals surface area contributed by atoms with E-state index in [1.54, 1.807) is 0 Å². The lowest BCUT2D eigenvalue weighted by atomic mass is 10.2. The fourth-order valence-corrected chi connectivity index (χ4v) is 2.25. The van der Waals surface area contributed by atoms with Crippen molar-refractivity contribution in [3.05, 3.63) is 6.04 Å². The van der Waals surface area contributed by atoms with Gasteiger partial charge in [0.1, 0.15) is 6.29 Å². The number of carbonyl (C=O) groups is 1. The first kappa shape index (κ1) is 9.63. The molecule has 5 nitrogen and oxygen atoms in total. The van der Waals surface area contributed by atoms with E-state index in [2.05, 4.69) is 0 Å². The molecule has 0 aromatic heterocycles. The van der Waals surface area contributed by atoms with Gasteiger partial charge in [0.05, 0.1) is 18.3 Å². The van der Waals surface area contributed by atoms with Gasteiger partial charge in [0.2, 0.25) is 10.0 Å². The molecule has 1 fully saturated rings. The molecule has 0 aliphatic carbocycles. The van der Waals surface area contributed by atoms with Crippen LogP contribution in [0.3, 0.4) is 0 Å². The van der Waals surface area contributed by atoms with Crippen LogP contribution in [0.25, 0.3) is 0 Å². The van der Waals surface area contributed by atoms with Crippen LogP contribution in [0.4, 0.5) is 0 Å². The minimum atomic E-state index is -3.30. The van der Waals surface area contributed by atoms with E-state index in [9.17, 15) is 13.2 Å². The molecule has 0 aromatic rings. The van der Waals surface area contributed by atoms with Gasteiger partial charge in [-0.1, -0.05) is 0 Å². The zero-order valence-electron chi connectivity index (χ0n) is 6.73. The van der Waals surface area contributed by atoms with E-state index >= 15 is 0 Å². The molecule has 1 rings (SSSR count). The third-order valence-corrected chi connectivity index (χ3v) is 3.04. The first-order valence-corrected chi connectivity index (χ1v) is 5.32. The van der Waals surface area contributed by atoms with Gasteiger partial charge in [-0.25, -0.2) is 8.42 Å². The van der Waals surface area contributed by atoms with Crippen LogP contribution in [0.5, 0.6) is 0 Å². The smallest absolute Gasteiger partial charge is 0.211 e. The maximum atomic E-state index is 11.0. The van der Waals surface area contributed by atoms with Crippen molar-refractivity contribution in [1.82, 2.24) is 4.31 Å². The summed E-state index contributed by atoms with van der Waals surface area (Å²) in [4.78, 5) is 10.4. The molecule has 0 saturated carbocycles. The number of carbonyl (C=O) groups excluding carboxylic acids is 1. The van der Waals surface area contributed by atoms with Crippen LogP contribution < -0.4 is 5.73 Å². The van der Waals surface area contributed by atoms with E-state index in [1.807, 2.05) is 0 Å². The number of rotatable bonds is 2. The fraction of sp³-hybridized carbons (Fsp3) is 0.667. The third kappa shape index (κ3) is 1.82. The van der Waals surface area contributed by atoms with Crippen LogP contribution in [0, 0.1) is 6.04 Å². The molecular formula is C6H11N2O3S. The Bertz CT molecular complexity index is 275. The van der Waals surface area contributed by atoms with Gasteiger partial charge < -0.3 is 10.5 Å². The third-order valence-electron chi connectivity index (χ3n) is 1.78. The van der Waals surface area contributed by atoms with Crippen LogP contribution in [-0.2, 0) is 14.8 Å². The lowest BCUT2D eigenvalue weighted by Crippen LogP contribution is -2.35. The number of hydrogen-bond acceptors (Lipinski definition) is 4. The summed E-state index contributed by atoms with van der Waals surface area (Å²) in [7, 11) is -3.30. The summed E-state index contributed by atoms with van der Waals surface area (Å²) in [6.07, 6.45) is 2.03. The SMILES string of the molecule is CS(=O)(=O)N1C[C](N)CC1C=O. The van der Waals surface area contributed by atoms with Gasteiger partial charge in [-0.15, -0.1) is 0 Å². The monoisotopic (exact) mass is 191 g/mol. The summed E-state index contributed by atoms with van der Waals surface area (Å²) in [6.45, 7) is 0.169. The van der Waals surface area contributed by atoms with Crippen molar-refractivity contribution in [2.24, 2.45) is 5.73 Å². The van der Waals surface area contributed by atoms with Crippen LogP contribution in [0.15, 0.2) is 0 Å². The van der Waals surface area contributed by atoms with Gasteiger partial charge in [-0.05, 0) is 6.42 Å². The molecule has 0 aromatic carbocycles. The first-order chi connectivity index (χ1) is 5.45. The summed E-state index contributed by atoms with van der Waals surface area (Å²) in [5.41, 5.74) is 5.44. The second kappa shape index (κ2) is 3.12. The molecule has 6 heteroatoms. The number of hydrogen-bond donors (Lipinski definition) is 1. The molecule has 0 bridgehead atoms. The Balaban J connectivity index is 2.84. The normalized spacial score (nSPS) is 27.7. The van der Waals surface area contributed by atoms with Crippen molar-refractivity contribution in [3.8, 4) is 0 Å². The van der Waals surface area contributed by atoms with E-state index in [4.69, 9.17) is 5.73 Å². The van der Waals surface area contributed by atoms with Gasteiger partial charge in [-0.3, -0.25) is 0 Å². The average Bonchev–Trinajstić information content (AvgIpc) is 2.29. The molecule has 1 aliphatic heterocycles. The highest BCUT2D eigenvalue weighted by molar-refractivity contribution is 7.88. The van der Waals surface area contributed by atoms with Crippen LogP contribution in [0.2, 0.25) is 0 Å². The molecule has 0 spiro atoms. The quantitative estimate of drug-likeness (QED) is 0.551. The summed E-state index contributed by atoms with van der Waals surface area (Å²) < 4.78 is 23.2.